The van der Waals surface area contributed by atoms with Crippen molar-refractivity contribution in [2.24, 2.45) is 5.92 Å². The quantitative estimate of drug-likeness (QED) is 0.890. The van der Waals surface area contributed by atoms with Gasteiger partial charge in [-0.25, -0.2) is 0 Å². The summed E-state index contributed by atoms with van der Waals surface area (Å²) >= 11 is 0. The van der Waals surface area contributed by atoms with Gasteiger partial charge in [-0.15, -0.1) is 0 Å². The zero-order valence-corrected chi connectivity index (χ0v) is 12.4. The van der Waals surface area contributed by atoms with Gasteiger partial charge in [0.15, 0.2) is 0 Å². The number of ether oxygens (including phenoxy) is 1. The number of benzene rings is 1. The van der Waals surface area contributed by atoms with Crippen LogP contribution >= 0.6 is 0 Å². The first-order valence-corrected chi connectivity index (χ1v) is 7.31. The normalized spacial score (nSPS) is 16.8. The Bertz CT molecular complexity index is 442. The standard InChI is InChI=1S/C16H24N2O2/c1-13(11-14-5-3-4-6-15(14)20-2)12-16(19)18-9-7-17-8-10-18/h3-6,13,17H,7-12H2,1-2H3. The van der Waals surface area contributed by atoms with Gasteiger partial charge in [-0.3, -0.25) is 4.79 Å². The molecule has 1 aromatic rings. The number of nitrogens with one attached hydrogen (secondary N) is 1. The van der Waals surface area contributed by atoms with Gasteiger partial charge in [0, 0.05) is 32.6 Å². The smallest absolute Gasteiger partial charge is 0.222 e. The van der Waals surface area contributed by atoms with Crippen molar-refractivity contribution in [1.29, 1.82) is 0 Å². The number of piperazine rings is 1. The molecule has 2 rings (SSSR count). The monoisotopic (exact) mass is 276 g/mol. The summed E-state index contributed by atoms with van der Waals surface area (Å²) in [6.07, 6.45) is 1.49. The van der Waals surface area contributed by atoms with Gasteiger partial charge in [-0.05, 0) is 24.0 Å². The number of amides is 1. The van der Waals surface area contributed by atoms with Crippen LogP contribution in [0.15, 0.2) is 24.3 Å². The molecule has 1 N–H and O–H groups in total. The molecule has 0 spiro atoms. The second-order valence-electron chi connectivity index (χ2n) is 5.46. The Morgan fingerprint density at radius 1 is 1.35 bits per heavy atom. The zero-order valence-electron chi connectivity index (χ0n) is 12.4. The fraction of sp³-hybridized carbons (Fsp3) is 0.562. The first kappa shape index (κ1) is 14.9. The number of carbonyl (C=O) groups excluding carboxylic acids is 1. The van der Waals surface area contributed by atoms with Crippen LogP contribution in [-0.4, -0.2) is 44.1 Å². The summed E-state index contributed by atoms with van der Waals surface area (Å²) in [7, 11) is 1.69. The molecule has 0 aromatic heterocycles. The van der Waals surface area contributed by atoms with Gasteiger partial charge in [0.2, 0.25) is 5.91 Å². The van der Waals surface area contributed by atoms with Crippen molar-refractivity contribution >= 4 is 5.91 Å². The minimum absolute atomic E-state index is 0.272. The second-order valence-corrected chi connectivity index (χ2v) is 5.46. The van der Waals surface area contributed by atoms with Crippen molar-refractivity contribution in [3.63, 3.8) is 0 Å². The Morgan fingerprint density at radius 2 is 2.05 bits per heavy atom. The maximum Gasteiger partial charge on any atom is 0.222 e. The molecule has 4 nitrogen and oxygen atoms in total. The molecular formula is C16H24N2O2. The lowest BCUT2D eigenvalue weighted by molar-refractivity contribution is -0.132. The van der Waals surface area contributed by atoms with Crippen LogP contribution in [0.1, 0.15) is 18.9 Å². The molecule has 4 heteroatoms. The fourth-order valence-electron chi connectivity index (χ4n) is 2.66. The first-order valence-electron chi connectivity index (χ1n) is 7.31. The molecule has 0 saturated carbocycles. The summed E-state index contributed by atoms with van der Waals surface area (Å²) in [6.45, 7) is 5.62. The predicted molar refractivity (Wildman–Crippen MR) is 79.9 cm³/mol. The number of para-hydroxylation sites is 1. The molecular weight excluding hydrogens is 252 g/mol. The minimum Gasteiger partial charge on any atom is -0.496 e. The van der Waals surface area contributed by atoms with E-state index in [0.717, 1.165) is 38.3 Å². The Kier molecular flexibility index (Phi) is 5.41. The van der Waals surface area contributed by atoms with Gasteiger partial charge in [0.05, 0.1) is 7.11 Å². The summed E-state index contributed by atoms with van der Waals surface area (Å²) in [5, 5.41) is 3.27. The van der Waals surface area contributed by atoms with E-state index in [0.29, 0.717) is 12.3 Å². The largest absolute Gasteiger partial charge is 0.496 e. The Balaban J connectivity index is 1.88. The molecule has 1 unspecified atom stereocenters. The van der Waals surface area contributed by atoms with Crippen LogP contribution in [0.25, 0.3) is 0 Å². The third-order valence-corrected chi connectivity index (χ3v) is 3.75. The minimum atomic E-state index is 0.272. The van der Waals surface area contributed by atoms with E-state index in [1.165, 1.54) is 5.56 Å². The molecule has 1 aliphatic rings. The maximum absolute atomic E-state index is 12.2. The van der Waals surface area contributed by atoms with E-state index in [1.54, 1.807) is 7.11 Å². The highest BCUT2D eigenvalue weighted by Gasteiger charge is 2.19. The van der Waals surface area contributed by atoms with Crippen molar-refractivity contribution < 1.29 is 9.53 Å². The van der Waals surface area contributed by atoms with E-state index in [1.807, 2.05) is 23.1 Å². The molecule has 0 radical (unpaired) electrons. The molecule has 1 aliphatic heterocycles. The number of methoxy groups -OCH3 is 1. The van der Waals surface area contributed by atoms with Gasteiger partial charge in [0.1, 0.15) is 5.75 Å². The molecule has 1 atom stereocenters. The van der Waals surface area contributed by atoms with Crippen molar-refractivity contribution in [3.05, 3.63) is 29.8 Å². The molecule has 0 aliphatic carbocycles. The van der Waals surface area contributed by atoms with Gasteiger partial charge in [-0.1, -0.05) is 25.1 Å². The SMILES string of the molecule is COc1ccccc1CC(C)CC(=O)N1CCNCC1. The number of hydrogen-bond acceptors (Lipinski definition) is 3. The van der Waals surface area contributed by atoms with Crippen LogP contribution in [0, 0.1) is 5.92 Å². The Morgan fingerprint density at radius 3 is 2.75 bits per heavy atom. The zero-order chi connectivity index (χ0) is 14.4. The highest BCUT2D eigenvalue weighted by atomic mass is 16.5. The molecule has 0 bridgehead atoms. The summed E-state index contributed by atoms with van der Waals surface area (Å²) in [5.41, 5.74) is 1.18. The van der Waals surface area contributed by atoms with Crippen LogP contribution in [0.2, 0.25) is 0 Å². The van der Waals surface area contributed by atoms with Crippen molar-refractivity contribution in [3.8, 4) is 5.75 Å². The second kappa shape index (κ2) is 7.29. The molecule has 1 aromatic carbocycles. The van der Waals surface area contributed by atoms with E-state index in [9.17, 15) is 4.79 Å². The molecule has 1 fully saturated rings. The molecule has 1 heterocycles. The Hall–Kier alpha value is -1.55. The average Bonchev–Trinajstić information content (AvgIpc) is 2.48. The summed E-state index contributed by atoms with van der Waals surface area (Å²) < 4.78 is 5.36. The lowest BCUT2D eigenvalue weighted by atomic mass is 9.96. The van der Waals surface area contributed by atoms with Crippen molar-refractivity contribution in [2.45, 2.75) is 19.8 Å². The highest BCUT2D eigenvalue weighted by molar-refractivity contribution is 5.76. The van der Waals surface area contributed by atoms with E-state index in [4.69, 9.17) is 4.74 Å². The summed E-state index contributed by atoms with van der Waals surface area (Å²) in [4.78, 5) is 14.2. The average molecular weight is 276 g/mol. The molecule has 1 saturated heterocycles. The topological polar surface area (TPSA) is 41.6 Å². The lowest BCUT2D eigenvalue weighted by Crippen LogP contribution is -2.46. The third kappa shape index (κ3) is 3.97. The van der Waals surface area contributed by atoms with E-state index < -0.39 is 0 Å². The van der Waals surface area contributed by atoms with Crippen LogP contribution in [0.3, 0.4) is 0 Å². The lowest BCUT2D eigenvalue weighted by Gasteiger charge is -2.28. The summed E-state index contributed by atoms with van der Waals surface area (Å²) in [5.74, 6) is 1.51. The number of nitrogens with zero attached hydrogens (tertiary/aromatic N) is 1. The van der Waals surface area contributed by atoms with Crippen LogP contribution < -0.4 is 10.1 Å². The van der Waals surface area contributed by atoms with Crippen LogP contribution in [0.5, 0.6) is 5.75 Å². The highest BCUT2D eigenvalue weighted by Crippen LogP contribution is 2.22. The van der Waals surface area contributed by atoms with E-state index in [2.05, 4.69) is 18.3 Å². The maximum atomic E-state index is 12.2. The number of rotatable bonds is 5. The van der Waals surface area contributed by atoms with Crippen molar-refractivity contribution in [1.82, 2.24) is 10.2 Å². The molecule has 1 amide bonds. The predicted octanol–water partition coefficient (Wildman–Crippen LogP) is 1.70. The van der Waals surface area contributed by atoms with Crippen LogP contribution in [-0.2, 0) is 11.2 Å². The Labute approximate surface area is 121 Å². The third-order valence-electron chi connectivity index (χ3n) is 3.75. The molecule has 110 valence electrons. The van der Waals surface area contributed by atoms with Crippen molar-refractivity contribution in [2.75, 3.05) is 33.3 Å². The van der Waals surface area contributed by atoms with E-state index >= 15 is 0 Å². The van der Waals surface area contributed by atoms with E-state index in [-0.39, 0.29) is 5.91 Å². The van der Waals surface area contributed by atoms with Crippen LogP contribution in [0.4, 0.5) is 0 Å². The number of hydrogen-bond donors (Lipinski definition) is 1. The van der Waals surface area contributed by atoms with Gasteiger partial charge < -0.3 is 15.0 Å². The summed E-state index contributed by atoms with van der Waals surface area (Å²) in [6, 6.07) is 8.03. The fourth-order valence-corrected chi connectivity index (χ4v) is 2.66. The molecule has 20 heavy (non-hydrogen) atoms. The van der Waals surface area contributed by atoms with Gasteiger partial charge >= 0.3 is 0 Å². The first-order chi connectivity index (χ1) is 9.70. The van der Waals surface area contributed by atoms with Gasteiger partial charge in [-0.2, -0.15) is 0 Å². The number of carbonyl (C=O) groups is 1. The van der Waals surface area contributed by atoms with Gasteiger partial charge in [0.25, 0.3) is 0 Å².